The van der Waals surface area contributed by atoms with Crippen LogP contribution < -0.4 is 0 Å². The molecule has 0 saturated carbocycles. The van der Waals surface area contributed by atoms with Gasteiger partial charge >= 0.3 is 0 Å². The number of hydrogen-bond acceptors (Lipinski definition) is 4. The van der Waals surface area contributed by atoms with Crippen LogP contribution in [0, 0.1) is 0 Å². The van der Waals surface area contributed by atoms with E-state index in [4.69, 9.17) is 19.4 Å². The Balaban J connectivity index is 1.09. The van der Waals surface area contributed by atoms with Crippen molar-refractivity contribution in [3.63, 3.8) is 0 Å². The van der Waals surface area contributed by atoms with E-state index in [2.05, 4.69) is 188 Å². The van der Waals surface area contributed by atoms with Crippen molar-refractivity contribution in [3.8, 4) is 67.5 Å². The van der Waals surface area contributed by atoms with E-state index in [1.54, 1.807) is 0 Å². The van der Waals surface area contributed by atoms with Crippen molar-refractivity contribution in [2.45, 2.75) is 5.41 Å². The van der Waals surface area contributed by atoms with E-state index in [0.29, 0.717) is 17.5 Å². The summed E-state index contributed by atoms with van der Waals surface area (Å²) in [6.45, 7) is 0. The van der Waals surface area contributed by atoms with E-state index in [0.717, 1.165) is 55.3 Å². The van der Waals surface area contributed by atoms with Crippen LogP contribution in [0.3, 0.4) is 0 Å². The van der Waals surface area contributed by atoms with Crippen LogP contribution in [0.4, 0.5) is 0 Å². The molecule has 0 aliphatic heterocycles. The van der Waals surface area contributed by atoms with Crippen LogP contribution in [-0.2, 0) is 5.41 Å². The molecule has 0 saturated heterocycles. The Hall–Kier alpha value is -8.21. The van der Waals surface area contributed by atoms with Crippen molar-refractivity contribution < 1.29 is 4.42 Å². The van der Waals surface area contributed by atoms with Gasteiger partial charge in [0.15, 0.2) is 17.5 Å². The van der Waals surface area contributed by atoms with Gasteiger partial charge in [0.2, 0.25) is 0 Å². The molecule has 4 nitrogen and oxygen atoms in total. The summed E-state index contributed by atoms with van der Waals surface area (Å²) in [5.41, 5.74) is 15.6. The van der Waals surface area contributed by atoms with Gasteiger partial charge in [-0.25, -0.2) is 15.0 Å². The molecule has 0 N–H and O–H groups in total. The van der Waals surface area contributed by atoms with Gasteiger partial charge in [-0.3, -0.25) is 0 Å². The molecule has 0 spiro atoms. The third kappa shape index (κ3) is 5.72. The minimum atomic E-state index is -0.621. The first kappa shape index (κ1) is 35.7. The van der Waals surface area contributed by atoms with Crippen LogP contribution in [0.5, 0.6) is 0 Å². The maximum absolute atomic E-state index is 6.48. The Kier molecular flexibility index (Phi) is 8.36. The first-order chi connectivity index (χ1) is 30.7. The molecular weight excluding hydrogens is 755 g/mol. The first-order valence-electron chi connectivity index (χ1n) is 21.0. The van der Waals surface area contributed by atoms with Crippen LogP contribution in [0.1, 0.15) is 22.3 Å². The van der Waals surface area contributed by atoms with Gasteiger partial charge in [0.1, 0.15) is 11.2 Å². The summed E-state index contributed by atoms with van der Waals surface area (Å²) < 4.78 is 6.48. The number of aromatic nitrogens is 3. The Morgan fingerprint density at radius 1 is 0.306 bits per heavy atom. The summed E-state index contributed by atoms with van der Waals surface area (Å²) in [5.74, 6) is 1.78. The van der Waals surface area contributed by atoms with E-state index in [-0.39, 0.29) is 0 Å². The van der Waals surface area contributed by atoms with Gasteiger partial charge in [0.25, 0.3) is 0 Å². The molecule has 0 radical (unpaired) electrons. The second-order valence-corrected chi connectivity index (χ2v) is 15.9. The fourth-order valence-corrected chi connectivity index (χ4v) is 9.64. The minimum absolute atomic E-state index is 0.583. The van der Waals surface area contributed by atoms with Gasteiger partial charge in [-0.2, -0.15) is 0 Å². The summed E-state index contributed by atoms with van der Waals surface area (Å²) in [6, 6.07) is 79.4. The lowest BCUT2D eigenvalue weighted by atomic mass is 9.67. The van der Waals surface area contributed by atoms with Crippen molar-refractivity contribution in [2.24, 2.45) is 0 Å². The molecule has 0 bridgehead atoms. The standard InChI is InChI=1S/C58H37N3O/c1-4-17-38(18-5-1)41-23-14-25-44(35-41)58(50-30-12-10-27-46(50)47-28-11-13-31-51(47)58)45-26-15-24-43(36-45)56-59-55(40-21-8-3-9-22-40)60-57(61-56)48-29-16-32-53-54(48)49-37-42(33-34-52(49)62-53)39-19-6-2-7-20-39/h1-37H. The third-order valence-corrected chi connectivity index (χ3v) is 12.4. The molecule has 2 aromatic heterocycles. The molecule has 12 rings (SSSR count). The molecule has 0 fully saturated rings. The predicted molar refractivity (Wildman–Crippen MR) is 252 cm³/mol. The topological polar surface area (TPSA) is 51.8 Å². The van der Waals surface area contributed by atoms with Crippen LogP contribution in [-0.4, -0.2) is 15.0 Å². The molecular formula is C58H37N3O. The van der Waals surface area contributed by atoms with Crippen LogP contribution >= 0.6 is 0 Å². The van der Waals surface area contributed by atoms with Gasteiger partial charge in [-0.15, -0.1) is 0 Å². The molecule has 11 aromatic rings. The Morgan fingerprint density at radius 2 is 0.774 bits per heavy atom. The summed E-state index contributed by atoms with van der Waals surface area (Å²) >= 11 is 0. The van der Waals surface area contributed by atoms with Gasteiger partial charge in [0, 0.05) is 27.5 Å². The van der Waals surface area contributed by atoms with Crippen LogP contribution in [0.25, 0.3) is 89.5 Å². The first-order valence-corrected chi connectivity index (χ1v) is 21.0. The molecule has 290 valence electrons. The molecule has 62 heavy (non-hydrogen) atoms. The number of hydrogen-bond donors (Lipinski definition) is 0. The Bertz CT molecular complexity index is 3420. The number of furan rings is 1. The molecule has 9 aromatic carbocycles. The van der Waals surface area contributed by atoms with Crippen molar-refractivity contribution in [1.29, 1.82) is 0 Å². The van der Waals surface area contributed by atoms with Gasteiger partial charge in [0.05, 0.1) is 5.41 Å². The maximum Gasteiger partial charge on any atom is 0.164 e. The fourth-order valence-electron chi connectivity index (χ4n) is 9.64. The van der Waals surface area contributed by atoms with E-state index >= 15 is 0 Å². The Morgan fingerprint density at radius 3 is 1.42 bits per heavy atom. The lowest BCUT2D eigenvalue weighted by Gasteiger charge is -2.34. The van der Waals surface area contributed by atoms with Gasteiger partial charge < -0.3 is 4.42 Å². The van der Waals surface area contributed by atoms with Crippen molar-refractivity contribution in [2.75, 3.05) is 0 Å². The summed E-state index contributed by atoms with van der Waals surface area (Å²) in [4.78, 5) is 15.8. The monoisotopic (exact) mass is 791 g/mol. The average molecular weight is 792 g/mol. The fraction of sp³-hybridized carbons (Fsp3) is 0.0172. The van der Waals surface area contributed by atoms with Crippen molar-refractivity contribution >= 4 is 21.9 Å². The number of nitrogens with zero attached hydrogens (tertiary/aromatic N) is 3. The van der Waals surface area contributed by atoms with Crippen molar-refractivity contribution in [1.82, 2.24) is 15.0 Å². The highest BCUT2D eigenvalue weighted by Gasteiger charge is 2.46. The maximum atomic E-state index is 6.48. The summed E-state index contributed by atoms with van der Waals surface area (Å²) in [6.07, 6.45) is 0. The number of benzene rings is 9. The normalized spacial score (nSPS) is 12.6. The second kappa shape index (κ2) is 14.5. The van der Waals surface area contributed by atoms with E-state index in [1.165, 1.54) is 38.9 Å². The smallest absolute Gasteiger partial charge is 0.164 e. The summed E-state index contributed by atoms with van der Waals surface area (Å²) in [5, 5.41) is 1.99. The van der Waals surface area contributed by atoms with Crippen LogP contribution in [0.2, 0.25) is 0 Å². The van der Waals surface area contributed by atoms with Gasteiger partial charge in [-0.05, 0) is 86.0 Å². The molecule has 1 aliphatic rings. The zero-order valence-corrected chi connectivity index (χ0v) is 33.6. The van der Waals surface area contributed by atoms with E-state index in [9.17, 15) is 0 Å². The van der Waals surface area contributed by atoms with E-state index < -0.39 is 5.41 Å². The summed E-state index contributed by atoms with van der Waals surface area (Å²) in [7, 11) is 0. The largest absolute Gasteiger partial charge is 0.456 e. The lowest BCUT2D eigenvalue weighted by Crippen LogP contribution is -2.28. The van der Waals surface area contributed by atoms with Gasteiger partial charge in [-0.1, -0.05) is 194 Å². The molecule has 1 aliphatic carbocycles. The number of fused-ring (bicyclic) bond motifs is 6. The molecule has 0 atom stereocenters. The third-order valence-electron chi connectivity index (χ3n) is 12.4. The number of rotatable bonds is 7. The predicted octanol–water partition coefficient (Wildman–Crippen LogP) is 14.5. The molecule has 0 unspecified atom stereocenters. The van der Waals surface area contributed by atoms with E-state index in [1.807, 2.05) is 36.4 Å². The second-order valence-electron chi connectivity index (χ2n) is 15.9. The quantitative estimate of drug-likeness (QED) is 0.161. The molecule has 0 amide bonds. The minimum Gasteiger partial charge on any atom is -0.456 e. The highest BCUT2D eigenvalue weighted by atomic mass is 16.3. The zero-order valence-electron chi connectivity index (χ0n) is 33.6. The lowest BCUT2D eigenvalue weighted by molar-refractivity contribution is 0.669. The Labute approximate surface area is 359 Å². The molecule has 4 heteroatoms. The molecule has 2 heterocycles. The van der Waals surface area contributed by atoms with Crippen molar-refractivity contribution in [3.05, 3.63) is 247 Å². The highest BCUT2D eigenvalue weighted by Crippen LogP contribution is 2.56. The van der Waals surface area contributed by atoms with Crippen LogP contribution in [0.15, 0.2) is 229 Å². The highest BCUT2D eigenvalue weighted by molar-refractivity contribution is 6.12. The zero-order chi connectivity index (χ0) is 41.0. The SMILES string of the molecule is c1ccc(-c2cccc(C3(c4cccc(-c5nc(-c6ccccc6)nc(-c6cccc7oc8ccc(-c9ccccc9)cc8c67)n5)c4)c4ccccc4-c4ccccc43)c2)cc1. The average Bonchev–Trinajstić information content (AvgIpc) is 3.88.